The van der Waals surface area contributed by atoms with Crippen molar-refractivity contribution < 1.29 is 35.9 Å². The number of benzene rings is 2. The Hall–Kier alpha value is -2.63. The van der Waals surface area contributed by atoms with Crippen LogP contribution in [0.25, 0.3) is 0 Å². The summed E-state index contributed by atoms with van der Waals surface area (Å²) in [5.41, 5.74) is -0.0951. The van der Waals surface area contributed by atoms with Crippen LogP contribution in [-0.4, -0.2) is 50.3 Å². The maximum Gasteiger partial charge on any atom is 0.573 e. The number of rotatable bonds is 5. The quantitative estimate of drug-likeness (QED) is 0.740. The zero-order chi connectivity index (χ0) is 22.8. The van der Waals surface area contributed by atoms with E-state index in [-0.39, 0.29) is 41.4 Å². The Bertz CT molecular complexity index is 1030. The summed E-state index contributed by atoms with van der Waals surface area (Å²) < 4.78 is 74.1. The Kier molecular flexibility index (Phi) is 6.58. The number of nitrogens with zero attached hydrogens (tertiary/aromatic N) is 1. The van der Waals surface area contributed by atoms with Crippen LogP contribution in [0, 0.1) is 0 Å². The van der Waals surface area contributed by atoms with Gasteiger partial charge in [0.15, 0.2) is 5.75 Å². The van der Waals surface area contributed by atoms with Gasteiger partial charge in [-0.05, 0) is 50.2 Å². The molecule has 1 aliphatic rings. The van der Waals surface area contributed by atoms with Crippen molar-refractivity contribution in [3.05, 3.63) is 54.1 Å². The second-order valence-corrected chi connectivity index (χ2v) is 9.04. The van der Waals surface area contributed by atoms with E-state index in [4.69, 9.17) is 4.74 Å². The van der Waals surface area contributed by atoms with E-state index >= 15 is 0 Å². The molecule has 1 amide bonds. The van der Waals surface area contributed by atoms with Gasteiger partial charge in [-0.15, -0.1) is 13.2 Å². The number of hydrogen-bond acceptors (Lipinski definition) is 5. The average molecular weight is 458 g/mol. The van der Waals surface area contributed by atoms with Crippen LogP contribution in [0.5, 0.6) is 5.75 Å². The van der Waals surface area contributed by atoms with Gasteiger partial charge < -0.3 is 14.8 Å². The first-order valence-electron chi connectivity index (χ1n) is 9.37. The van der Waals surface area contributed by atoms with Crippen molar-refractivity contribution in [2.75, 3.05) is 18.4 Å². The average Bonchev–Trinajstić information content (AvgIpc) is 2.67. The van der Waals surface area contributed by atoms with Crippen LogP contribution >= 0.6 is 0 Å². The van der Waals surface area contributed by atoms with E-state index in [0.717, 1.165) is 6.07 Å². The Morgan fingerprint density at radius 2 is 1.65 bits per heavy atom. The summed E-state index contributed by atoms with van der Waals surface area (Å²) in [5, 5.41) is 2.34. The summed E-state index contributed by atoms with van der Waals surface area (Å²) in [7, 11) is -3.78. The van der Waals surface area contributed by atoms with Gasteiger partial charge in [0.25, 0.3) is 5.91 Å². The second-order valence-electron chi connectivity index (χ2n) is 7.10. The number of carbonyl (C=O) groups excluding carboxylic acids is 1. The highest BCUT2D eigenvalue weighted by Gasteiger charge is 2.33. The lowest BCUT2D eigenvalue weighted by Crippen LogP contribution is -2.48. The van der Waals surface area contributed by atoms with Crippen molar-refractivity contribution in [3.8, 4) is 5.75 Å². The maximum absolute atomic E-state index is 12.9. The molecule has 2 atom stereocenters. The fourth-order valence-electron chi connectivity index (χ4n) is 3.23. The van der Waals surface area contributed by atoms with Crippen molar-refractivity contribution in [2.24, 2.45) is 0 Å². The number of hydrogen-bond donors (Lipinski definition) is 1. The van der Waals surface area contributed by atoms with Crippen LogP contribution < -0.4 is 10.1 Å². The topological polar surface area (TPSA) is 84.9 Å². The minimum absolute atomic E-state index is 0.00570. The lowest BCUT2D eigenvalue weighted by atomic mass is 10.2. The lowest BCUT2D eigenvalue weighted by molar-refractivity contribution is -0.274. The zero-order valence-corrected chi connectivity index (χ0v) is 17.5. The fourth-order valence-corrected chi connectivity index (χ4v) is 4.82. The van der Waals surface area contributed by atoms with Crippen molar-refractivity contribution >= 4 is 21.6 Å². The molecule has 0 bridgehead atoms. The van der Waals surface area contributed by atoms with E-state index in [2.05, 4.69) is 10.1 Å². The van der Waals surface area contributed by atoms with E-state index in [1.54, 1.807) is 13.8 Å². The largest absolute Gasteiger partial charge is 0.573 e. The lowest BCUT2D eigenvalue weighted by Gasteiger charge is -2.34. The van der Waals surface area contributed by atoms with E-state index in [1.807, 2.05) is 0 Å². The molecule has 11 heteroatoms. The predicted octanol–water partition coefficient (Wildman–Crippen LogP) is 3.64. The molecule has 0 aromatic heterocycles. The molecule has 0 radical (unpaired) electrons. The minimum Gasteiger partial charge on any atom is -0.404 e. The molecule has 0 aliphatic carbocycles. The predicted molar refractivity (Wildman–Crippen MR) is 106 cm³/mol. The van der Waals surface area contributed by atoms with Crippen LogP contribution in [0.2, 0.25) is 0 Å². The molecular weight excluding hydrogens is 437 g/mol. The molecule has 7 nitrogen and oxygen atoms in total. The molecule has 2 aromatic rings. The van der Waals surface area contributed by atoms with Crippen LogP contribution in [0.15, 0.2) is 53.4 Å². The smallest absolute Gasteiger partial charge is 0.404 e. The fraction of sp³-hybridized carbons (Fsp3) is 0.350. The van der Waals surface area contributed by atoms with E-state index in [1.165, 1.54) is 46.8 Å². The molecule has 1 fully saturated rings. The molecule has 168 valence electrons. The molecule has 0 unspecified atom stereocenters. The van der Waals surface area contributed by atoms with E-state index in [9.17, 15) is 26.4 Å². The number of ether oxygens (including phenoxy) is 2. The van der Waals surface area contributed by atoms with Crippen molar-refractivity contribution in [1.82, 2.24) is 4.31 Å². The number of para-hydroxylation sites is 2. The van der Waals surface area contributed by atoms with Gasteiger partial charge in [-0.25, -0.2) is 8.42 Å². The molecule has 0 spiro atoms. The van der Waals surface area contributed by atoms with Crippen LogP contribution in [0.1, 0.15) is 24.2 Å². The molecule has 31 heavy (non-hydrogen) atoms. The third kappa shape index (κ3) is 5.75. The van der Waals surface area contributed by atoms with Gasteiger partial charge in [0.1, 0.15) is 0 Å². The standard InChI is InChI=1S/C20H21F3N2O5S/c1-13-11-25(12-14(2)29-13)31(27,28)16-9-7-15(8-10-16)19(26)24-17-5-3-4-6-18(17)30-20(21,22)23/h3-10,13-14H,11-12H2,1-2H3,(H,24,26)/t13-,14+. The minimum atomic E-state index is -4.91. The van der Waals surface area contributed by atoms with Gasteiger partial charge in [-0.2, -0.15) is 4.31 Å². The Balaban J connectivity index is 1.76. The monoisotopic (exact) mass is 458 g/mol. The SMILES string of the molecule is C[C@@H]1CN(S(=O)(=O)c2ccc(C(=O)Nc3ccccc3OC(F)(F)F)cc2)C[C@H](C)O1. The number of nitrogens with one attached hydrogen (secondary N) is 1. The third-order valence-corrected chi connectivity index (χ3v) is 6.35. The Labute approximate surface area is 177 Å². The number of anilines is 1. The summed E-state index contributed by atoms with van der Waals surface area (Å²) in [6.45, 7) is 3.99. The molecule has 0 saturated carbocycles. The zero-order valence-electron chi connectivity index (χ0n) is 16.7. The van der Waals surface area contributed by atoms with Gasteiger partial charge in [0.05, 0.1) is 22.8 Å². The van der Waals surface area contributed by atoms with Gasteiger partial charge in [-0.3, -0.25) is 4.79 Å². The number of halogens is 3. The second kappa shape index (κ2) is 8.85. The van der Waals surface area contributed by atoms with Crippen LogP contribution in [0.3, 0.4) is 0 Å². The molecule has 3 rings (SSSR count). The van der Waals surface area contributed by atoms with E-state index in [0.29, 0.717) is 0 Å². The summed E-state index contributed by atoms with van der Waals surface area (Å²) in [6, 6.07) is 10.3. The number of amides is 1. The van der Waals surface area contributed by atoms with Gasteiger partial charge in [-0.1, -0.05) is 12.1 Å². The van der Waals surface area contributed by atoms with Gasteiger partial charge >= 0.3 is 6.36 Å². The van der Waals surface area contributed by atoms with Crippen molar-refractivity contribution in [3.63, 3.8) is 0 Å². The highest BCUT2D eigenvalue weighted by molar-refractivity contribution is 7.89. The van der Waals surface area contributed by atoms with Gasteiger partial charge in [0, 0.05) is 18.7 Å². The Morgan fingerprint density at radius 1 is 1.06 bits per heavy atom. The van der Waals surface area contributed by atoms with E-state index < -0.39 is 28.0 Å². The molecule has 1 heterocycles. The third-order valence-electron chi connectivity index (χ3n) is 4.50. The van der Waals surface area contributed by atoms with Crippen molar-refractivity contribution in [1.29, 1.82) is 0 Å². The molecule has 1 aliphatic heterocycles. The molecular formula is C20H21F3N2O5S. The Morgan fingerprint density at radius 3 is 2.23 bits per heavy atom. The number of carbonyl (C=O) groups is 1. The normalized spacial score (nSPS) is 20.3. The van der Waals surface area contributed by atoms with Gasteiger partial charge in [0.2, 0.25) is 10.0 Å². The highest BCUT2D eigenvalue weighted by Crippen LogP contribution is 2.30. The summed E-state index contributed by atoms with van der Waals surface area (Å²) in [4.78, 5) is 12.5. The highest BCUT2D eigenvalue weighted by atomic mass is 32.2. The molecule has 1 N–H and O–H groups in total. The van der Waals surface area contributed by atoms with Crippen molar-refractivity contribution in [2.45, 2.75) is 37.3 Å². The molecule has 2 aromatic carbocycles. The number of alkyl halides is 3. The number of sulfonamides is 1. The summed E-state index contributed by atoms with van der Waals surface area (Å²) in [5.74, 6) is -1.27. The summed E-state index contributed by atoms with van der Waals surface area (Å²) in [6.07, 6.45) is -5.41. The van der Waals surface area contributed by atoms with Crippen LogP contribution in [0.4, 0.5) is 18.9 Å². The maximum atomic E-state index is 12.9. The first-order valence-corrected chi connectivity index (χ1v) is 10.8. The summed E-state index contributed by atoms with van der Waals surface area (Å²) >= 11 is 0. The first-order chi connectivity index (χ1) is 14.5. The first kappa shape index (κ1) is 23.0. The molecule has 1 saturated heterocycles. The van der Waals surface area contributed by atoms with Crippen LogP contribution in [-0.2, 0) is 14.8 Å². The number of morpholine rings is 1.